The van der Waals surface area contributed by atoms with Crippen LogP contribution in [0.25, 0.3) is 82.9 Å². The number of para-hydroxylation sites is 1. The number of nitrogens with zero attached hydrogens (tertiary/aromatic N) is 3. The van der Waals surface area contributed by atoms with Crippen molar-refractivity contribution < 1.29 is 4.42 Å². The number of aromatic nitrogens is 2. The van der Waals surface area contributed by atoms with Crippen molar-refractivity contribution in [3.8, 4) is 39.3 Å². The fourth-order valence-electron chi connectivity index (χ4n) is 12.1. The Morgan fingerprint density at radius 2 is 0.973 bits per heavy atom. The molecule has 8 aromatic carbocycles. The predicted octanol–water partition coefficient (Wildman–Crippen LogP) is 17.4. The molecule has 5 heterocycles. The maximum absolute atomic E-state index is 7.80. The van der Waals surface area contributed by atoms with Crippen molar-refractivity contribution in [2.24, 2.45) is 0 Å². The third kappa shape index (κ3) is 6.80. The van der Waals surface area contributed by atoms with Crippen LogP contribution in [0.15, 0.2) is 174 Å². The van der Waals surface area contributed by atoms with Gasteiger partial charge in [-0.3, -0.25) is 0 Å². The molecular formula is C68H64BN3O. The van der Waals surface area contributed by atoms with E-state index in [1.807, 2.05) is 0 Å². The van der Waals surface area contributed by atoms with E-state index < -0.39 is 0 Å². The Morgan fingerprint density at radius 3 is 1.60 bits per heavy atom. The first-order valence-corrected chi connectivity index (χ1v) is 26.3. The van der Waals surface area contributed by atoms with Gasteiger partial charge >= 0.3 is 6.85 Å². The normalized spacial score (nSPS) is 13.7. The summed E-state index contributed by atoms with van der Waals surface area (Å²) in [7, 11) is 0. The molecule has 0 amide bonds. The van der Waals surface area contributed by atoms with Gasteiger partial charge < -0.3 is 18.4 Å². The van der Waals surface area contributed by atoms with Gasteiger partial charge in [-0.05, 0) is 121 Å². The van der Waals surface area contributed by atoms with Gasteiger partial charge in [0.25, 0.3) is 0 Å². The van der Waals surface area contributed by atoms with Crippen molar-refractivity contribution in [1.82, 2.24) is 9.05 Å². The molecule has 2 aliphatic heterocycles. The van der Waals surface area contributed by atoms with Gasteiger partial charge in [-0.15, -0.1) is 0 Å². The van der Waals surface area contributed by atoms with Crippen LogP contribution < -0.4 is 16.0 Å². The summed E-state index contributed by atoms with van der Waals surface area (Å²) in [5.41, 5.74) is 22.4. The molecule has 0 atom stereocenters. The van der Waals surface area contributed by atoms with Gasteiger partial charge in [0.15, 0.2) is 0 Å². The molecule has 0 aliphatic carbocycles. The second-order valence-electron chi connectivity index (χ2n) is 25.0. The Labute approximate surface area is 431 Å². The zero-order valence-corrected chi connectivity index (χ0v) is 44.5. The first-order chi connectivity index (χ1) is 34.8. The van der Waals surface area contributed by atoms with E-state index >= 15 is 0 Å². The minimum Gasteiger partial charge on any atom is -0.465 e. The molecule has 0 radical (unpaired) electrons. The van der Waals surface area contributed by atoms with Gasteiger partial charge in [0.1, 0.15) is 11.4 Å². The lowest BCUT2D eigenvalue weighted by molar-refractivity contribution is 0.589. The molecule has 11 aromatic rings. The number of furan rings is 1. The summed E-state index contributed by atoms with van der Waals surface area (Å²) < 4.78 is 13.0. The quantitative estimate of drug-likeness (QED) is 0.164. The van der Waals surface area contributed by atoms with E-state index in [2.05, 4.69) is 267 Å². The second kappa shape index (κ2) is 15.5. The van der Waals surface area contributed by atoms with Crippen LogP contribution in [0.1, 0.15) is 105 Å². The lowest BCUT2D eigenvalue weighted by Crippen LogP contribution is -2.56. The highest BCUT2D eigenvalue weighted by Gasteiger charge is 2.48. The smallest absolute Gasteiger partial charge is 0.375 e. The van der Waals surface area contributed by atoms with Crippen LogP contribution in [0.2, 0.25) is 0 Å². The van der Waals surface area contributed by atoms with Crippen LogP contribution in [0.4, 0.5) is 17.1 Å². The van der Waals surface area contributed by atoms with E-state index in [0.717, 1.165) is 45.2 Å². The Balaban J connectivity index is 1.25. The Bertz CT molecular complexity index is 4030. The van der Waals surface area contributed by atoms with Crippen molar-refractivity contribution in [3.05, 3.63) is 192 Å². The molecule has 5 heteroatoms. The van der Waals surface area contributed by atoms with E-state index in [-0.39, 0.29) is 28.5 Å². The fourth-order valence-corrected chi connectivity index (χ4v) is 12.1. The van der Waals surface area contributed by atoms with Crippen molar-refractivity contribution >= 4 is 78.6 Å². The highest BCUT2D eigenvalue weighted by molar-refractivity contribution is 6.89. The number of benzene rings is 8. The minimum atomic E-state index is -0.300. The number of fused-ring (bicyclic) bond motifs is 11. The molecule has 0 saturated carbocycles. The fraction of sp³-hybridized carbons (Fsp3) is 0.235. The summed E-state index contributed by atoms with van der Waals surface area (Å²) >= 11 is 0. The van der Waals surface area contributed by atoms with Crippen molar-refractivity contribution in [2.45, 2.75) is 105 Å². The molecule has 4 nitrogen and oxygen atoms in total. The largest absolute Gasteiger partial charge is 0.465 e. The van der Waals surface area contributed by atoms with Crippen molar-refractivity contribution in [1.29, 1.82) is 0 Å². The second-order valence-corrected chi connectivity index (χ2v) is 25.0. The minimum absolute atomic E-state index is 0.00480. The number of hydrogen-bond acceptors (Lipinski definition) is 2. The van der Waals surface area contributed by atoms with Gasteiger partial charge in [-0.25, -0.2) is 0 Å². The molecule has 0 bridgehead atoms. The maximum Gasteiger partial charge on any atom is 0.375 e. The summed E-state index contributed by atoms with van der Waals surface area (Å²) in [6, 6.07) is 64.2. The maximum atomic E-state index is 7.80. The average Bonchev–Trinajstić information content (AvgIpc) is 4.03. The van der Waals surface area contributed by atoms with Gasteiger partial charge in [0.2, 0.25) is 0 Å². The van der Waals surface area contributed by atoms with Gasteiger partial charge in [0, 0.05) is 60.8 Å². The van der Waals surface area contributed by atoms with Crippen molar-refractivity contribution in [3.63, 3.8) is 0 Å². The standard InChI is InChI=1S/C68H64BN3O/c1-65(2,3)43-28-31-48(32-29-43)71-56-40-46(68(10,11)12)37-51-52-38-45(67(7,8)9)39-53-58-55(35-33-49-50-36-44(66(4,5)6)30-34-54(50)70(61(49)58)47-26-20-15-21-27-47)72(60(52)53)69(59(51)56)64-62(71)57(41-22-16-13-17-23-41)63(73-64)42-24-18-14-19-25-42/h13-40H,1-12H3. The monoisotopic (exact) mass is 950 g/mol. The Hall–Kier alpha value is -7.50. The first kappa shape index (κ1) is 45.4. The molecule has 0 saturated heterocycles. The Morgan fingerprint density at radius 1 is 0.425 bits per heavy atom. The molecule has 0 unspecified atom stereocenters. The van der Waals surface area contributed by atoms with Crippen LogP contribution in [-0.4, -0.2) is 15.9 Å². The summed E-state index contributed by atoms with van der Waals surface area (Å²) in [6.07, 6.45) is 0. The lowest BCUT2D eigenvalue weighted by Gasteiger charge is -2.40. The summed E-state index contributed by atoms with van der Waals surface area (Å²) in [5, 5.41) is 5.07. The average molecular weight is 950 g/mol. The zero-order chi connectivity index (χ0) is 50.7. The molecule has 2 aliphatic rings. The van der Waals surface area contributed by atoms with Crippen LogP contribution in [0.3, 0.4) is 0 Å². The molecule has 0 N–H and O–H groups in total. The first-order valence-electron chi connectivity index (χ1n) is 26.3. The van der Waals surface area contributed by atoms with Crippen LogP contribution in [-0.2, 0) is 21.7 Å². The van der Waals surface area contributed by atoms with Crippen LogP contribution >= 0.6 is 0 Å². The summed E-state index contributed by atoms with van der Waals surface area (Å²) in [6.45, 7) is 27.7. The molecule has 3 aromatic heterocycles. The van der Waals surface area contributed by atoms with E-state index in [1.165, 1.54) is 88.1 Å². The molecule has 73 heavy (non-hydrogen) atoms. The third-order valence-corrected chi connectivity index (χ3v) is 16.1. The highest BCUT2D eigenvalue weighted by atomic mass is 16.3. The van der Waals surface area contributed by atoms with Gasteiger partial charge in [-0.1, -0.05) is 192 Å². The molecule has 360 valence electrons. The topological polar surface area (TPSA) is 26.2 Å². The number of hydrogen-bond donors (Lipinski definition) is 0. The SMILES string of the molecule is CC(C)(C)c1ccc(N2c3cc(C(C)(C)C)cc4c3B(c3oc(-c5ccccc5)c(-c5ccccc5)c32)n2c3ccc5c6cc(C(C)(C)C)ccc6n(-c6ccccc6)c5c3c3cc(C(C)(C)C)cc-4c32)cc1. The number of anilines is 3. The third-order valence-electron chi connectivity index (χ3n) is 16.1. The van der Waals surface area contributed by atoms with E-state index in [9.17, 15) is 0 Å². The summed E-state index contributed by atoms with van der Waals surface area (Å²) in [5.74, 6) is 0.876. The predicted molar refractivity (Wildman–Crippen MR) is 312 cm³/mol. The molecule has 0 spiro atoms. The van der Waals surface area contributed by atoms with Crippen LogP contribution in [0.5, 0.6) is 0 Å². The number of rotatable bonds is 4. The molecule has 13 rings (SSSR count). The highest BCUT2D eigenvalue weighted by Crippen LogP contribution is 2.54. The summed E-state index contributed by atoms with van der Waals surface area (Å²) in [4.78, 5) is 2.56. The Kier molecular flexibility index (Phi) is 9.64. The van der Waals surface area contributed by atoms with E-state index in [4.69, 9.17) is 4.42 Å². The molecule has 0 fully saturated rings. The van der Waals surface area contributed by atoms with Crippen LogP contribution in [0, 0.1) is 0 Å². The van der Waals surface area contributed by atoms with Gasteiger partial charge in [0.05, 0.1) is 22.3 Å². The van der Waals surface area contributed by atoms with E-state index in [0.29, 0.717) is 0 Å². The van der Waals surface area contributed by atoms with Crippen molar-refractivity contribution in [2.75, 3.05) is 4.90 Å². The lowest BCUT2D eigenvalue weighted by atomic mass is 9.47. The van der Waals surface area contributed by atoms with E-state index in [1.54, 1.807) is 0 Å². The molecular weight excluding hydrogens is 886 g/mol. The van der Waals surface area contributed by atoms with Gasteiger partial charge in [-0.2, -0.15) is 0 Å². The zero-order valence-electron chi connectivity index (χ0n) is 44.5.